The smallest absolute Gasteiger partial charge is 0.238 e. The molecule has 0 amide bonds. The first-order valence-corrected chi connectivity index (χ1v) is 8.81. The first-order chi connectivity index (χ1) is 8.88. The maximum atomic E-state index is 11.3. The number of benzene rings is 1. The van der Waals surface area contributed by atoms with Crippen molar-refractivity contribution in [2.75, 3.05) is 5.32 Å². The summed E-state index contributed by atoms with van der Waals surface area (Å²) >= 11 is 3.38. The Hall–Kier alpha value is -0.590. The summed E-state index contributed by atoms with van der Waals surface area (Å²) in [6.45, 7) is 4.31. The molecule has 4 nitrogen and oxygen atoms in total. The Bertz CT molecular complexity index is 517. The van der Waals surface area contributed by atoms with Gasteiger partial charge in [-0.3, -0.25) is 0 Å². The monoisotopic (exact) mass is 348 g/mol. The summed E-state index contributed by atoms with van der Waals surface area (Å²) in [5, 5.41) is 8.53. The van der Waals surface area contributed by atoms with Crippen molar-refractivity contribution in [1.82, 2.24) is 0 Å². The molecule has 0 bridgehead atoms. The Morgan fingerprint density at radius 2 is 2.05 bits per heavy atom. The van der Waals surface area contributed by atoms with Crippen LogP contribution in [0.1, 0.15) is 39.5 Å². The van der Waals surface area contributed by atoms with Crippen LogP contribution in [0, 0.1) is 0 Å². The van der Waals surface area contributed by atoms with E-state index in [-0.39, 0.29) is 4.90 Å². The largest absolute Gasteiger partial charge is 0.381 e. The van der Waals surface area contributed by atoms with E-state index in [2.05, 4.69) is 35.1 Å². The molecule has 0 saturated carbocycles. The van der Waals surface area contributed by atoms with E-state index in [9.17, 15) is 8.42 Å². The number of nitrogens with one attached hydrogen (secondary N) is 1. The summed E-state index contributed by atoms with van der Waals surface area (Å²) in [5.74, 6) is 0. The van der Waals surface area contributed by atoms with Gasteiger partial charge < -0.3 is 5.32 Å². The normalized spacial score (nSPS) is 13.3. The van der Waals surface area contributed by atoms with Gasteiger partial charge in [-0.25, -0.2) is 13.6 Å². The topological polar surface area (TPSA) is 72.2 Å². The summed E-state index contributed by atoms with van der Waals surface area (Å²) in [7, 11) is -3.65. The van der Waals surface area contributed by atoms with Gasteiger partial charge in [0.25, 0.3) is 0 Å². The fourth-order valence-corrected chi connectivity index (χ4v) is 3.02. The van der Waals surface area contributed by atoms with Crippen molar-refractivity contribution < 1.29 is 8.42 Å². The molecule has 1 unspecified atom stereocenters. The van der Waals surface area contributed by atoms with E-state index in [1.165, 1.54) is 25.0 Å². The minimum Gasteiger partial charge on any atom is -0.381 e. The fourth-order valence-electron chi connectivity index (χ4n) is 1.84. The predicted molar refractivity (Wildman–Crippen MR) is 82.7 cm³/mol. The molecule has 0 heterocycles. The molecule has 0 saturated heterocycles. The second-order valence-electron chi connectivity index (χ2n) is 4.58. The zero-order valence-corrected chi connectivity index (χ0v) is 13.7. The van der Waals surface area contributed by atoms with Crippen LogP contribution >= 0.6 is 15.9 Å². The molecule has 0 aromatic heterocycles. The SMILES string of the molecule is CCCCC(CC)Nc1ccc(S(N)(=O)=O)cc1Br. The van der Waals surface area contributed by atoms with Gasteiger partial charge >= 0.3 is 0 Å². The van der Waals surface area contributed by atoms with Crippen molar-refractivity contribution in [1.29, 1.82) is 0 Å². The van der Waals surface area contributed by atoms with Crippen LogP contribution in [-0.4, -0.2) is 14.5 Å². The number of primary sulfonamides is 1. The van der Waals surface area contributed by atoms with Gasteiger partial charge in [-0.05, 0) is 47.0 Å². The third kappa shape index (κ3) is 5.12. The first kappa shape index (κ1) is 16.5. The van der Waals surface area contributed by atoms with E-state index in [0.29, 0.717) is 10.5 Å². The van der Waals surface area contributed by atoms with Crippen molar-refractivity contribution in [3.8, 4) is 0 Å². The first-order valence-electron chi connectivity index (χ1n) is 6.47. The molecular formula is C13H21BrN2O2S. The maximum absolute atomic E-state index is 11.3. The van der Waals surface area contributed by atoms with E-state index in [0.717, 1.165) is 18.5 Å². The highest BCUT2D eigenvalue weighted by Gasteiger charge is 2.12. The van der Waals surface area contributed by atoms with Crippen molar-refractivity contribution in [3.05, 3.63) is 22.7 Å². The second kappa shape index (κ2) is 7.26. The average Bonchev–Trinajstić information content (AvgIpc) is 2.35. The number of rotatable bonds is 7. The Morgan fingerprint density at radius 1 is 1.37 bits per heavy atom. The van der Waals surface area contributed by atoms with Gasteiger partial charge in [-0.1, -0.05) is 26.7 Å². The number of hydrogen-bond acceptors (Lipinski definition) is 3. The minimum absolute atomic E-state index is 0.117. The lowest BCUT2D eigenvalue weighted by molar-refractivity contribution is 0.592. The Morgan fingerprint density at radius 3 is 2.53 bits per heavy atom. The van der Waals surface area contributed by atoms with Gasteiger partial charge in [0, 0.05) is 16.2 Å². The summed E-state index contributed by atoms with van der Waals surface area (Å²) in [6, 6.07) is 5.20. The minimum atomic E-state index is -3.65. The average molecular weight is 349 g/mol. The fraction of sp³-hybridized carbons (Fsp3) is 0.538. The molecule has 0 aliphatic rings. The number of unbranched alkanes of at least 4 members (excludes halogenated alkanes) is 1. The molecule has 0 aliphatic carbocycles. The van der Waals surface area contributed by atoms with Crippen LogP contribution in [0.4, 0.5) is 5.69 Å². The molecule has 0 fully saturated rings. The Balaban J connectivity index is 2.85. The second-order valence-corrected chi connectivity index (χ2v) is 6.99. The summed E-state index contributed by atoms with van der Waals surface area (Å²) in [5.41, 5.74) is 0.898. The molecule has 3 N–H and O–H groups in total. The molecule has 108 valence electrons. The van der Waals surface area contributed by atoms with Crippen LogP contribution in [-0.2, 0) is 10.0 Å². The van der Waals surface area contributed by atoms with Crippen LogP contribution in [0.2, 0.25) is 0 Å². The third-order valence-electron chi connectivity index (χ3n) is 3.03. The van der Waals surface area contributed by atoms with Crippen LogP contribution < -0.4 is 10.5 Å². The number of halogens is 1. The van der Waals surface area contributed by atoms with Gasteiger partial charge in [-0.15, -0.1) is 0 Å². The molecule has 0 spiro atoms. The van der Waals surface area contributed by atoms with Crippen molar-refractivity contribution >= 4 is 31.6 Å². The van der Waals surface area contributed by atoms with Crippen LogP contribution in [0.15, 0.2) is 27.6 Å². The highest BCUT2D eigenvalue weighted by atomic mass is 79.9. The third-order valence-corrected chi connectivity index (χ3v) is 4.59. The molecule has 1 aromatic rings. The predicted octanol–water partition coefficient (Wildman–Crippen LogP) is 3.48. The lowest BCUT2D eigenvalue weighted by atomic mass is 10.1. The van der Waals surface area contributed by atoms with Crippen molar-refractivity contribution in [2.45, 2.75) is 50.5 Å². The van der Waals surface area contributed by atoms with Crippen LogP contribution in [0.25, 0.3) is 0 Å². The summed E-state index contributed by atoms with van der Waals surface area (Å²) in [4.78, 5) is 0.117. The number of nitrogens with two attached hydrogens (primary N) is 1. The highest BCUT2D eigenvalue weighted by Crippen LogP contribution is 2.27. The van der Waals surface area contributed by atoms with Crippen LogP contribution in [0.5, 0.6) is 0 Å². The molecule has 0 aliphatic heterocycles. The van der Waals surface area contributed by atoms with E-state index in [4.69, 9.17) is 5.14 Å². The molecule has 6 heteroatoms. The highest BCUT2D eigenvalue weighted by molar-refractivity contribution is 9.10. The molecule has 1 aromatic carbocycles. The van der Waals surface area contributed by atoms with Crippen molar-refractivity contribution in [2.24, 2.45) is 5.14 Å². The number of anilines is 1. The molecular weight excluding hydrogens is 328 g/mol. The van der Waals surface area contributed by atoms with Gasteiger partial charge in [0.15, 0.2) is 0 Å². The number of hydrogen-bond donors (Lipinski definition) is 2. The zero-order chi connectivity index (χ0) is 14.5. The van der Waals surface area contributed by atoms with Gasteiger partial charge in [0.05, 0.1) is 4.90 Å². The molecule has 1 atom stereocenters. The molecule has 0 radical (unpaired) electrons. The summed E-state index contributed by atoms with van der Waals surface area (Å²) in [6.07, 6.45) is 4.49. The standard InChI is InChI=1S/C13H21BrN2O2S/c1-3-5-6-10(4-2)16-13-8-7-11(9-12(13)14)19(15,17)18/h7-10,16H,3-6H2,1-2H3,(H2,15,17,18). The Kier molecular flexibility index (Phi) is 6.29. The molecule has 19 heavy (non-hydrogen) atoms. The van der Waals surface area contributed by atoms with Gasteiger partial charge in [0.1, 0.15) is 0 Å². The maximum Gasteiger partial charge on any atom is 0.238 e. The van der Waals surface area contributed by atoms with Crippen molar-refractivity contribution in [3.63, 3.8) is 0 Å². The summed E-state index contributed by atoms with van der Waals surface area (Å²) < 4.78 is 23.2. The van der Waals surface area contributed by atoms with Crippen LogP contribution in [0.3, 0.4) is 0 Å². The molecule has 1 rings (SSSR count). The van der Waals surface area contributed by atoms with E-state index in [1.54, 1.807) is 6.07 Å². The lowest BCUT2D eigenvalue weighted by Crippen LogP contribution is -2.19. The van der Waals surface area contributed by atoms with Gasteiger partial charge in [0.2, 0.25) is 10.0 Å². The van der Waals surface area contributed by atoms with Gasteiger partial charge in [-0.2, -0.15) is 0 Å². The number of sulfonamides is 1. The quantitative estimate of drug-likeness (QED) is 0.792. The van der Waals surface area contributed by atoms with E-state index < -0.39 is 10.0 Å². The lowest BCUT2D eigenvalue weighted by Gasteiger charge is -2.19. The van der Waals surface area contributed by atoms with E-state index in [1.807, 2.05) is 0 Å². The van der Waals surface area contributed by atoms with E-state index >= 15 is 0 Å². The Labute approximate surface area is 124 Å². The zero-order valence-electron chi connectivity index (χ0n) is 11.3.